The fourth-order valence-corrected chi connectivity index (χ4v) is 1.72. The van der Waals surface area contributed by atoms with Crippen LogP contribution in [0.5, 0.6) is 0 Å². The monoisotopic (exact) mass is 252 g/mol. The zero-order chi connectivity index (χ0) is 11.5. The first kappa shape index (κ1) is 10.9. The third kappa shape index (κ3) is 2.15. The van der Waals surface area contributed by atoms with Crippen LogP contribution in [0.1, 0.15) is 5.56 Å². The number of benzene rings is 1. The summed E-state index contributed by atoms with van der Waals surface area (Å²) in [5, 5.41) is 5.53. The fourth-order valence-electron chi connectivity index (χ4n) is 1.42. The lowest BCUT2D eigenvalue weighted by molar-refractivity contribution is 1.04. The molecule has 1 heterocycles. The highest BCUT2D eigenvalue weighted by Gasteiger charge is 2.06. The number of nitrogens with two attached hydrogens (primary N) is 1. The predicted octanol–water partition coefficient (Wildman–Crippen LogP) is 1.99. The van der Waals surface area contributed by atoms with Gasteiger partial charge in [-0.25, -0.2) is 0 Å². The first-order valence-electron chi connectivity index (χ1n) is 4.53. The van der Waals surface area contributed by atoms with Gasteiger partial charge in [0.05, 0.1) is 6.21 Å². The molecule has 0 saturated carbocycles. The van der Waals surface area contributed by atoms with Crippen molar-refractivity contribution in [3.05, 3.63) is 35.0 Å². The highest BCUT2D eigenvalue weighted by molar-refractivity contribution is 7.80. The van der Waals surface area contributed by atoms with Gasteiger partial charge in [-0.3, -0.25) is 5.43 Å². The van der Waals surface area contributed by atoms with E-state index in [9.17, 15) is 0 Å². The highest BCUT2D eigenvalue weighted by atomic mass is 35.5. The van der Waals surface area contributed by atoms with Crippen molar-refractivity contribution in [3.8, 4) is 0 Å². The lowest BCUT2D eigenvalue weighted by Crippen LogP contribution is -2.23. The number of halogens is 1. The van der Waals surface area contributed by atoms with Gasteiger partial charge in [0.25, 0.3) is 0 Å². The second-order valence-electron chi connectivity index (χ2n) is 3.13. The summed E-state index contributed by atoms with van der Waals surface area (Å²) in [7, 11) is 0. The van der Waals surface area contributed by atoms with Gasteiger partial charge in [-0.2, -0.15) is 5.10 Å². The van der Waals surface area contributed by atoms with Crippen molar-refractivity contribution in [3.63, 3.8) is 0 Å². The maximum Gasteiger partial charge on any atom is 0.184 e. The molecular weight excluding hydrogens is 244 g/mol. The molecule has 2 aromatic rings. The third-order valence-corrected chi connectivity index (χ3v) is 2.46. The van der Waals surface area contributed by atoms with Gasteiger partial charge >= 0.3 is 0 Å². The van der Waals surface area contributed by atoms with E-state index in [2.05, 4.69) is 27.7 Å². The molecule has 0 radical (unpaired) electrons. The van der Waals surface area contributed by atoms with E-state index < -0.39 is 0 Å². The average molecular weight is 253 g/mol. The molecule has 1 aromatic carbocycles. The van der Waals surface area contributed by atoms with Crippen LogP contribution in [-0.2, 0) is 0 Å². The van der Waals surface area contributed by atoms with Crippen LogP contribution < -0.4 is 11.2 Å². The summed E-state index contributed by atoms with van der Waals surface area (Å²) in [5.74, 6) is 0. The fraction of sp³-hybridized carbons (Fsp3) is 0. The van der Waals surface area contributed by atoms with Crippen LogP contribution in [0.4, 0.5) is 0 Å². The minimum atomic E-state index is 0.118. The molecule has 0 spiro atoms. The lowest BCUT2D eigenvalue weighted by atomic mass is 10.2. The highest BCUT2D eigenvalue weighted by Crippen LogP contribution is 2.23. The van der Waals surface area contributed by atoms with Gasteiger partial charge in [-0.1, -0.05) is 29.8 Å². The Morgan fingerprint density at radius 1 is 1.50 bits per heavy atom. The molecule has 0 unspecified atom stereocenters. The average Bonchev–Trinajstić information content (AvgIpc) is 2.55. The number of hydrogen-bond acceptors (Lipinski definition) is 2. The third-order valence-electron chi connectivity index (χ3n) is 2.07. The Labute approximate surface area is 102 Å². The number of para-hydroxylation sites is 1. The maximum absolute atomic E-state index is 6.04. The van der Waals surface area contributed by atoms with Crippen LogP contribution in [0.15, 0.2) is 29.4 Å². The van der Waals surface area contributed by atoms with Crippen molar-refractivity contribution < 1.29 is 0 Å². The first-order valence-corrected chi connectivity index (χ1v) is 5.32. The normalized spacial score (nSPS) is 11.1. The Hall–Kier alpha value is -1.59. The zero-order valence-corrected chi connectivity index (χ0v) is 9.77. The van der Waals surface area contributed by atoms with Gasteiger partial charge in [-0.05, 0) is 18.3 Å². The van der Waals surface area contributed by atoms with Gasteiger partial charge < -0.3 is 10.7 Å². The lowest BCUT2D eigenvalue weighted by Gasteiger charge is -1.94. The van der Waals surface area contributed by atoms with Crippen molar-refractivity contribution >= 4 is 46.0 Å². The minimum Gasteiger partial charge on any atom is -0.375 e. The molecule has 4 N–H and O–H groups in total. The van der Waals surface area contributed by atoms with Crippen LogP contribution in [0.25, 0.3) is 10.9 Å². The van der Waals surface area contributed by atoms with E-state index >= 15 is 0 Å². The number of fused-ring (bicyclic) bond motifs is 1. The van der Waals surface area contributed by atoms with Crippen molar-refractivity contribution in [1.29, 1.82) is 0 Å². The van der Waals surface area contributed by atoms with E-state index in [4.69, 9.17) is 17.3 Å². The number of aromatic nitrogens is 1. The number of hydrogen-bond donors (Lipinski definition) is 3. The SMILES string of the molecule is NC(=S)N/N=C/c1c(Cl)[nH]c2ccccc12. The van der Waals surface area contributed by atoms with Gasteiger partial charge in [0, 0.05) is 16.5 Å². The van der Waals surface area contributed by atoms with Gasteiger partial charge in [0.2, 0.25) is 0 Å². The zero-order valence-electron chi connectivity index (χ0n) is 8.20. The van der Waals surface area contributed by atoms with Gasteiger partial charge in [-0.15, -0.1) is 0 Å². The topological polar surface area (TPSA) is 66.2 Å². The van der Waals surface area contributed by atoms with Crippen LogP contribution in [0.3, 0.4) is 0 Å². The van der Waals surface area contributed by atoms with Crippen LogP contribution in [-0.4, -0.2) is 16.3 Å². The van der Waals surface area contributed by atoms with E-state index in [1.807, 2.05) is 24.3 Å². The van der Waals surface area contributed by atoms with Crippen molar-refractivity contribution in [2.45, 2.75) is 0 Å². The van der Waals surface area contributed by atoms with Crippen molar-refractivity contribution in [1.82, 2.24) is 10.4 Å². The van der Waals surface area contributed by atoms with Gasteiger partial charge in [0.1, 0.15) is 5.15 Å². The molecule has 4 nitrogen and oxygen atoms in total. The van der Waals surface area contributed by atoms with Crippen molar-refractivity contribution in [2.75, 3.05) is 0 Å². The minimum absolute atomic E-state index is 0.118. The summed E-state index contributed by atoms with van der Waals surface area (Å²) in [6.45, 7) is 0. The Bertz CT molecular complexity index is 561. The molecule has 82 valence electrons. The number of H-pyrrole nitrogens is 1. The summed E-state index contributed by atoms with van der Waals surface area (Å²) < 4.78 is 0. The molecule has 2 rings (SSSR count). The molecule has 6 heteroatoms. The Balaban J connectivity index is 2.39. The smallest absolute Gasteiger partial charge is 0.184 e. The number of rotatable bonds is 2. The number of nitrogens with zero attached hydrogens (tertiary/aromatic N) is 1. The Kier molecular flexibility index (Phi) is 3.07. The van der Waals surface area contributed by atoms with Gasteiger partial charge in [0.15, 0.2) is 5.11 Å². The summed E-state index contributed by atoms with van der Waals surface area (Å²) in [4.78, 5) is 3.05. The molecule has 0 aliphatic carbocycles. The van der Waals surface area contributed by atoms with E-state index in [1.54, 1.807) is 6.21 Å². The molecule has 0 atom stereocenters. The summed E-state index contributed by atoms with van der Waals surface area (Å²) in [6, 6.07) is 7.77. The number of thiocarbonyl (C=S) groups is 1. The van der Waals surface area contributed by atoms with Crippen LogP contribution in [0, 0.1) is 0 Å². The molecule has 0 aliphatic rings. The predicted molar refractivity (Wildman–Crippen MR) is 70.8 cm³/mol. The molecule has 0 bridgehead atoms. The summed E-state index contributed by atoms with van der Waals surface area (Å²) >= 11 is 10.7. The first-order chi connectivity index (χ1) is 7.68. The van der Waals surface area contributed by atoms with E-state index in [0.29, 0.717) is 5.15 Å². The summed E-state index contributed by atoms with van der Waals surface area (Å²) in [6.07, 6.45) is 1.58. The van der Waals surface area contributed by atoms with E-state index in [-0.39, 0.29) is 5.11 Å². The van der Waals surface area contributed by atoms with Crippen molar-refractivity contribution in [2.24, 2.45) is 10.8 Å². The molecule has 0 amide bonds. The molecule has 1 aromatic heterocycles. The second kappa shape index (κ2) is 4.51. The molecule has 0 saturated heterocycles. The van der Waals surface area contributed by atoms with E-state index in [0.717, 1.165) is 16.5 Å². The number of nitrogens with one attached hydrogen (secondary N) is 2. The molecule has 16 heavy (non-hydrogen) atoms. The molecule has 0 fully saturated rings. The second-order valence-corrected chi connectivity index (χ2v) is 3.95. The molecular formula is C10H9ClN4S. The standard InChI is InChI=1S/C10H9ClN4S/c11-9-7(5-13-15-10(12)16)6-3-1-2-4-8(6)14-9/h1-5,14H,(H3,12,15,16)/b13-5+. The quantitative estimate of drug-likeness (QED) is 0.435. The van der Waals surface area contributed by atoms with Crippen LogP contribution >= 0.6 is 23.8 Å². The Morgan fingerprint density at radius 2 is 2.25 bits per heavy atom. The number of aromatic amines is 1. The van der Waals surface area contributed by atoms with E-state index in [1.165, 1.54) is 0 Å². The maximum atomic E-state index is 6.04. The largest absolute Gasteiger partial charge is 0.375 e. The Morgan fingerprint density at radius 3 is 3.00 bits per heavy atom. The summed E-state index contributed by atoms with van der Waals surface area (Å²) in [5.41, 5.74) is 9.50. The van der Waals surface area contributed by atoms with Crippen LogP contribution in [0.2, 0.25) is 5.15 Å². The molecule has 0 aliphatic heterocycles. The number of hydrazone groups is 1.